The summed E-state index contributed by atoms with van der Waals surface area (Å²) in [6.45, 7) is 36.7. The van der Waals surface area contributed by atoms with Gasteiger partial charge in [0.1, 0.15) is 8.07 Å². The van der Waals surface area contributed by atoms with Gasteiger partial charge in [0.2, 0.25) is 0 Å². The van der Waals surface area contributed by atoms with Crippen molar-refractivity contribution in [1.29, 1.82) is 0 Å². The van der Waals surface area contributed by atoms with Gasteiger partial charge in [-0.25, -0.2) is 9.97 Å². The average molecular weight is 949 g/mol. The Bertz CT molecular complexity index is 3390. The van der Waals surface area contributed by atoms with Gasteiger partial charge in [-0.15, -0.1) is 5.54 Å². The van der Waals surface area contributed by atoms with Crippen LogP contribution in [0.5, 0.6) is 0 Å². The van der Waals surface area contributed by atoms with Crippen molar-refractivity contribution in [2.24, 2.45) is 0 Å². The third-order valence-corrected chi connectivity index (χ3v) is 14.6. The van der Waals surface area contributed by atoms with Crippen molar-refractivity contribution in [1.82, 2.24) is 19.9 Å². The molecular weight excluding hydrogens is 877 g/mol. The van der Waals surface area contributed by atoms with E-state index in [2.05, 4.69) is 265 Å². The van der Waals surface area contributed by atoms with Crippen LogP contribution in [0.2, 0.25) is 19.6 Å². The van der Waals surface area contributed by atoms with E-state index >= 15 is 0 Å². The van der Waals surface area contributed by atoms with E-state index in [0.717, 1.165) is 94.9 Å². The summed E-state index contributed by atoms with van der Waals surface area (Å²) in [5.74, 6) is 3.48. The van der Waals surface area contributed by atoms with Crippen molar-refractivity contribution >= 4 is 54.4 Å². The number of aryl methyl sites for hydroxylation is 1. The highest BCUT2D eigenvalue weighted by Crippen LogP contribution is 2.42. The van der Waals surface area contributed by atoms with Gasteiger partial charge in [-0.1, -0.05) is 187 Å². The summed E-state index contributed by atoms with van der Waals surface area (Å²) in [7, 11) is -1.57. The van der Waals surface area contributed by atoms with Gasteiger partial charge in [-0.05, 0) is 134 Å². The van der Waals surface area contributed by atoms with Gasteiger partial charge in [0.05, 0.1) is 22.8 Å². The molecule has 0 saturated carbocycles. The maximum absolute atomic E-state index is 5.69. The van der Waals surface area contributed by atoms with Crippen LogP contribution >= 0.6 is 0 Å². The number of hydrogen-bond acceptors (Lipinski definition) is 2. The summed E-state index contributed by atoms with van der Waals surface area (Å²) < 4.78 is 0. The first-order valence-electron chi connectivity index (χ1n) is 25.4. The van der Waals surface area contributed by atoms with E-state index in [1.807, 2.05) is 0 Å². The second-order valence-electron chi connectivity index (χ2n) is 25.0. The lowest BCUT2D eigenvalue weighted by Gasteiger charge is -2.26. The smallest absolute Gasteiger partial charge is 0.129 e. The van der Waals surface area contributed by atoms with Crippen LogP contribution in [-0.2, 0) is 21.7 Å². The minimum atomic E-state index is -1.57. The van der Waals surface area contributed by atoms with E-state index in [9.17, 15) is 0 Å². The molecule has 4 aromatic carbocycles. The molecule has 5 heterocycles. The Labute approximate surface area is 424 Å². The average Bonchev–Trinajstić information content (AvgIpc) is 4.13. The topological polar surface area (TPSA) is 57.4 Å². The third-order valence-electron chi connectivity index (χ3n) is 13.8. The minimum absolute atomic E-state index is 0.0793. The third kappa shape index (κ3) is 10.4. The number of H-pyrrole nitrogens is 2. The van der Waals surface area contributed by atoms with Gasteiger partial charge in [-0.3, -0.25) is 0 Å². The van der Waals surface area contributed by atoms with Gasteiger partial charge in [0.15, 0.2) is 0 Å². The molecule has 9 rings (SSSR count). The predicted octanol–water partition coefficient (Wildman–Crippen LogP) is 18.1. The summed E-state index contributed by atoms with van der Waals surface area (Å²) in [5, 5.41) is 0. The first-order chi connectivity index (χ1) is 33.2. The molecule has 0 unspecified atom stereocenters. The van der Waals surface area contributed by atoms with E-state index in [1.165, 1.54) is 27.8 Å². The standard InChI is InChI=1S/C66H72N4Si/c1-41-17-21-43(22-18-41)59-51-25-29-55(67-51)61(45-35-47(63(2,3)4)39-48(36-45)64(5,6)7)57-31-27-53(69-57)60(44-23-19-42(20-24-44)33-34-71(14,15)16)54-28-32-58(70-54)62(56-30-26-52(59)68-56)46-37-49(65(8,9)10)40-50(38-46)66(11,12)13/h17-32,35-40,67,70H,1-16H3. The lowest BCUT2D eigenvalue weighted by molar-refractivity contribution is 0.568. The summed E-state index contributed by atoms with van der Waals surface area (Å²) in [6.07, 6.45) is 8.82. The number of fused-ring (bicyclic) bond motifs is 8. The number of hydrogen-bond donors (Lipinski definition) is 2. The van der Waals surface area contributed by atoms with Gasteiger partial charge < -0.3 is 9.97 Å². The highest BCUT2D eigenvalue weighted by molar-refractivity contribution is 6.83. The van der Waals surface area contributed by atoms with E-state index in [4.69, 9.17) is 9.97 Å². The maximum Gasteiger partial charge on any atom is 0.129 e. The van der Waals surface area contributed by atoms with Crippen LogP contribution < -0.4 is 0 Å². The molecule has 0 fully saturated rings. The minimum Gasteiger partial charge on any atom is -0.354 e. The molecule has 0 spiro atoms. The quantitative estimate of drug-likeness (QED) is 0.136. The van der Waals surface area contributed by atoms with Crippen LogP contribution in [0.15, 0.2) is 109 Å². The molecule has 71 heavy (non-hydrogen) atoms. The molecule has 0 saturated heterocycles. The molecule has 3 aromatic heterocycles. The molecule has 0 aliphatic carbocycles. The number of nitrogens with one attached hydrogen (secondary N) is 2. The molecule has 2 aliphatic heterocycles. The van der Waals surface area contributed by atoms with E-state index < -0.39 is 8.07 Å². The van der Waals surface area contributed by atoms with Crippen LogP contribution in [0.3, 0.4) is 0 Å². The fourth-order valence-corrected chi connectivity index (χ4v) is 9.92. The van der Waals surface area contributed by atoms with E-state index in [-0.39, 0.29) is 21.7 Å². The Balaban J connectivity index is 1.47. The molecule has 5 heteroatoms. The summed E-state index contributed by atoms with van der Waals surface area (Å²) in [5.41, 5.74) is 26.8. The number of aromatic amines is 2. The first kappa shape index (κ1) is 49.2. The Morgan fingerprint density at radius 1 is 0.380 bits per heavy atom. The molecule has 2 aliphatic rings. The van der Waals surface area contributed by atoms with Gasteiger partial charge in [0, 0.05) is 49.9 Å². The van der Waals surface area contributed by atoms with Crippen molar-refractivity contribution in [3.63, 3.8) is 0 Å². The van der Waals surface area contributed by atoms with Gasteiger partial charge >= 0.3 is 0 Å². The normalized spacial score (nSPS) is 13.1. The number of aromatic nitrogens is 4. The molecular formula is C66H72N4Si. The van der Waals surface area contributed by atoms with Crippen LogP contribution in [0.25, 0.3) is 90.9 Å². The highest BCUT2D eigenvalue weighted by atomic mass is 28.3. The molecule has 2 N–H and O–H groups in total. The van der Waals surface area contributed by atoms with Crippen LogP contribution in [0.4, 0.5) is 0 Å². The lowest BCUT2D eigenvalue weighted by Crippen LogP contribution is -2.16. The predicted molar refractivity (Wildman–Crippen MR) is 310 cm³/mol. The van der Waals surface area contributed by atoms with Crippen LogP contribution in [0, 0.1) is 18.4 Å². The SMILES string of the molecule is Cc1ccc(-c2c3nc(c(-c4cc(C(C)(C)C)cc(C(C)(C)C)c4)c4ccc([nH]4)c(-c4ccc(C#C[Si](C)(C)C)cc4)c4nc(c(-c5cc(C(C)(C)C)cc(C(C)(C)C)c5)c5ccc2[nH]5)C=C4)C=C3)cc1. The molecule has 0 amide bonds. The van der Waals surface area contributed by atoms with Crippen molar-refractivity contribution in [3.8, 4) is 56.0 Å². The monoisotopic (exact) mass is 949 g/mol. The summed E-state index contributed by atoms with van der Waals surface area (Å²) >= 11 is 0. The van der Waals surface area contributed by atoms with E-state index in [0.29, 0.717) is 0 Å². The molecule has 360 valence electrons. The van der Waals surface area contributed by atoms with Crippen molar-refractivity contribution in [2.75, 3.05) is 0 Å². The zero-order valence-corrected chi connectivity index (χ0v) is 46.1. The van der Waals surface area contributed by atoms with E-state index in [1.54, 1.807) is 0 Å². The first-order valence-corrected chi connectivity index (χ1v) is 28.9. The van der Waals surface area contributed by atoms with Crippen LogP contribution in [-0.4, -0.2) is 28.0 Å². The van der Waals surface area contributed by atoms with Gasteiger partial charge in [-0.2, -0.15) is 0 Å². The summed E-state index contributed by atoms with van der Waals surface area (Å²) in [6, 6.07) is 40.8. The Morgan fingerprint density at radius 2 is 0.676 bits per heavy atom. The Morgan fingerprint density at radius 3 is 0.972 bits per heavy atom. The molecule has 0 radical (unpaired) electrons. The zero-order valence-electron chi connectivity index (χ0n) is 45.1. The van der Waals surface area contributed by atoms with Gasteiger partial charge in [0.25, 0.3) is 0 Å². The van der Waals surface area contributed by atoms with Crippen molar-refractivity contribution < 1.29 is 0 Å². The maximum atomic E-state index is 5.69. The Kier molecular flexibility index (Phi) is 12.4. The molecule has 0 atom stereocenters. The Hall–Kier alpha value is -6.74. The number of benzene rings is 4. The van der Waals surface area contributed by atoms with Crippen molar-refractivity contribution in [2.45, 2.75) is 131 Å². The molecule has 4 nitrogen and oxygen atoms in total. The second-order valence-corrected chi connectivity index (χ2v) is 29.8. The fourth-order valence-electron chi connectivity index (χ4n) is 9.40. The molecule has 8 bridgehead atoms. The molecule has 7 aromatic rings. The zero-order chi connectivity index (χ0) is 51.0. The summed E-state index contributed by atoms with van der Waals surface area (Å²) in [4.78, 5) is 19.4. The lowest BCUT2D eigenvalue weighted by atomic mass is 9.78. The second kappa shape index (κ2) is 17.8. The number of rotatable bonds is 4. The fraction of sp³-hybridized carbons (Fsp3) is 0.303. The van der Waals surface area contributed by atoms with Crippen molar-refractivity contribution in [3.05, 3.63) is 165 Å². The largest absolute Gasteiger partial charge is 0.354 e. The number of nitrogens with zero attached hydrogens (tertiary/aromatic N) is 2. The highest BCUT2D eigenvalue weighted by Gasteiger charge is 2.26. The van der Waals surface area contributed by atoms with Crippen LogP contribution in [0.1, 0.15) is 139 Å².